The zero-order chi connectivity index (χ0) is 28.7. The molecule has 39 heavy (non-hydrogen) atoms. The van der Waals surface area contributed by atoms with Crippen LogP contribution in [0.25, 0.3) is 0 Å². The van der Waals surface area contributed by atoms with Crippen LogP contribution in [0.3, 0.4) is 0 Å². The minimum absolute atomic E-state index is 0.0418. The number of carbonyl (C=O) groups is 2. The lowest BCUT2D eigenvalue weighted by Gasteiger charge is -2.33. The van der Waals surface area contributed by atoms with Crippen molar-refractivity contribution in [3.8, 4) is 0 Å². The van der Waals surface area contributed by atoms with Gasteiger partial charge < -0.3 is 10.2 Å². The van der Waals surface area contributed by atoms with Crippen LogP contribution in [0.1, 0.15) is 38.3 Å². The summed E-state index contributed by atoms with van der Waals surface area (Å²) in [5.74, 6) is -2.05. The molecule has 0 saturated heterocycles. The molecule has 0 aliphatic heterocycles. The SMILES string of the molecule is CCC(C(=O)NC(C)C)N(Cc1ccc(F)cc1)C(=O)CN(c1ccc(F)cc1)S(=O)(=O)c1ccc(C)cc1. The van der Waals surface area contributed by atoms with Crippen LogP contribution in [-0.4, -0.2) is 43.8 Å². The quantitative estimate of drug-likeness (QED) is 0.367. The van der Waals surface area contributed by atoms with E-state index in [0.717, 1.165) is 22.0 Å². The Balaban J connectivity index is 2.05. The van der Waals surface area contributed by atoms with E-state index in [9.17, 15) is 26.8 Å². The maximum atomic E-state index is 13.9. The summed E-state index contributed by atoms with van der Waals surface area (Å²) in [5, 5.41) is 2.81. The Kier molecular flexibility index (Phi) is 9.80. The molecule has 3 aromatic rings. The highest BCUT2D eigenvalue weighted by Gasteiger charge is 2.33. The van der Waals surface area contributed by atoms with Gasteiger partial charge in [-0.3, -0.25) is 13.9 Å². The summed E-state index contributed by atoms with van der Waals surface area (Å²) >= 11 is 0. The number of carbonyl (C=O) groups excluding carboxylic acids is 2. The normalized spacial score (nSPS) is 12.2. The summed E-state index contributed by atoms with van der Waals surface area (Å²) < 4.78 is 55.6. The van der Waals surface area contributed by atoms with Crippen LogP contribution in [0.4, 0.5) is 14.5 Å². The fourth-order valence-electron chi connectivity index (χ4n) is 4.06. The highest BCUT2D eigenvalue weighted by atomic mass is 32.2. The van der Waals surface area contributed by atoms with Crippen molar-refractivity contribution in [2.45, 2.75) is 57.6 Å². The number of anilines is 1. The molecule has 0 aliphatic rings. The van der Waals surface area contributed by atoms with Crippen LogP contribution in [-0.2, 0) is 26.2 Å². The molecule has 1 N–H and O–H groups in total. The zero-order valence-electron chi connectivity index (χ0n) is 22.4. The predicted molar refractivity (Wildman–Crippen MR) is 146 cm³/mol. The highest BCUT2D eigenvalue weighted by molar-refractivity contribution is 7.92. The Morgan fingerprint density at radius 3 is 1.92 bits per heavy atom. The molecular formula is C29H33F2N3O4S. The van der Waals surface area contributed by atoms with Gasteiger partial charge in [-0.1, -0.05) is 36.8 Å². The van der Waals surface area contributed by atoms with Crippen LogP contribution < -0.4 is 9.62 Å². The highest BCUT2D eigenvalue weighted by Crippen LogP contribution is 2.25. The van der Waals surface area contributed by atoms with Gasteiger partial charge in [-0.2, -0.15) is 0 Å². The average molecular weight is 558 g/mol. The minimum Gasteiger partial charge on any atom is -0.352 e. The molecule has 1 unspecified atom stereocenters. The summed E-state index contributed by atoms with van der Waals surface area (Å²) in [4.78, 5) is 28.2. The Bertz CT molecular complexity index is 1380. The molecule has 0 aromatic heterocycles. The molecule has 3 aromatic carbocycles. The minimum atomic E-state index is -4.25. The number of nitrogens with zero attached hydrogens (tertiary/aromatic N) is 2. The fraction of sp³-hybridized carbons (Fsp3) is 0.310. The first kappa shape index (κ1) is 29.8. The van der Waals surface area contributed by atoms with Crippen LogP contribution in [0, 0.1) is 18.6 Å². The van der Waals surface area contributed by atoms with Gasteiger partial charge in [-0.15, -0.1) is 0 Å². The topological polar surface area (TPSA) is 86.8 Å². The zero-order valence-corrected chi connectivity index (χ0v) is 23.2. The van der Waals surface area contributed by atoms with Crippen LogP contribution >= 0.6 is 0 Å². The lowest BCUT2D eigenvalue weighted by molar-refractivity contribution is -0.140. The lowest BCUT2D eigenvalue weighted by Crippen LogP contribution is -2.53. The van der Waals surface area contributed by atoms with Gasteiger partial charge in [0, 0.05) is 12.6 Å². The molecule has 0 fully saturated rings. The smallest absolute Gasteiger partial charge is 0.264 e. The summed E-state index contributed by atoms with van der Waals surface area (Å²) in [6.07, 6.45) is 0.257. The second-order valence-corrected chi connectivity index (χ2v) is 11.4. The van der Waals surface area contributed by atoms with Gasteiger partial charge in [0.15, 0.2) is 0 Å². The number of hydrogen-bond acceptors (Lipinski definition) is 4. The third-order valence-electron chi connectivity index (χ3n) is 6.09. The molecule has 3 rings (SSSR count). The van der Waals surface area contributed by atoms with E-state index >= 15 is 0 Å². The lowest BCUT2D eigenvalue weighted by atomic mass is 10.1. The van der Waals surface area contributed by atoms with E-state index in [1.165, 1.54) is 53.4 Å². The van der Waals surface area contributed by atoms with Crippen molar-refractivity contribution in [1.29, 1.82) is 0 Å². The van der Waals surface area contributed by atoms with Gasteiger partial charge in [0.05, 0.1) is 10.6 Å². The van der Waals surface area contributed by atoms with E-state index in [1.54, 1.807) is 32.9 Å². The standard InChI is InChI=1S/C29H33F2N3O4S/c1-5-27(29(36)32-20(2)3)33(18-22-8-10-23(30)11-9-22)28(35)19-34(25-14-12-24(31)13-15-25)39(37,38)26-16-6-21(4)7-17-26/h6-17,20,27H,5,18-19H2,1-4H3,(H,32,36). The summed E-state index contributed by atoms with van der Waals surface area (Å²) in [6.45, 7) is 6.45. The molecule has 0 spiro atoms. The number of halogens is 2. The molecule has 1 atom stereocenters. The number of hydrogen-bond donors (Lipinski definition) is 1. The van der Waals surface area contributed by atoms with Gasteiger partial charge in [0.1, 0.15) is 24.2 Å². The summed E-state index contributed by atoms with van der Waals surface area (Å²) in [7, 11) is -4.25. The Hall–Kier alpha value is -3.79. The fourth-order valence-corrected chi connectivity index (χ4v) is 5.47. The maximum absolute atomic E-state index is 13.9. The van der Waals surface area contributed by atoms with Gasteiger partial charge in [0.25, 0.3) is 10.0 Å². The van der Waals surface area contributed by atoms with Crippen molar-refractivity contribution >= 4 is 27.5 Å². The van der Waals surface area contributed by atoms with Crippen LogP contribution in [0.5, 0.6) is 0 Å². The molecule has 7 nitrogen and oxygen atoms in total. The Labute approximate surface area is 228 Å². The Morgan fingerprint density at radius 1 is 0.872 bits per heavy atom. The van der Waals surface area contributed by atoms with Crippen molar-refractivity contribution < 1.29 is 26.8 Å². The first-order valence-corrected chi connectivity index (χ1v) is 14.1. The molecule has 0 heterocycles. The summed E-state index contributed by atoms with van der Waals surface area (Å²) in [6, 6.07) is 15.3. The van der Waals surface area contributed by atoms with Crippen molar-refractivity contribution in [3.63, 3.8) is 0 Å². The largest absolute Gasteiger partial charge is 0.352 e. The van der Waals surface area contributed by atoms with Crippen LogP contribution in [0.15, 0.2) is 77.7 Å². The molecule has 0 saturated carbocycles. The number of nitrogens with one attached hydrogen (secondary N) is 1. The monoisotopic (exact) mass is 557 g/mol. The van der Waals surface area contributed by atoms with E-state index < -0.39 is 46.1 Å². The summed E-state index contributed by atoms with van der Waals surface area (Å²) in [5.41, 5.74) is 1.51. The number of benzene rings is 3. The maximum Gasteiger partial charge on any atom is 0.264 e. The number of sulfonamides is 1. The molecule has 0 radical (unpaired) electrons. The van der Waals surface area contributed by atoms with E-state index in [2.05, 4.69) is 5.32 Å². The van der Waals surface area contributed by atoms with Gasteiger partial charge in [-0.25, -0.2) is 17.2 Å². The van der Waals surface area contributed by atoms with Gasteiger partial charge >= 0.3 is 0 Å². The predicted octanol–water partition coefficient (Wildman–Crippen LogP) is 4.80. The molecule has 0 bridgehead atoms. The second kappa shape index (κ2) is 12.8. The molecule has 208 valence electrons. The number of amides is 2. The van der Waals surface area contributed by atoms with E-state index in [0.29, 0.717) is 5.56 Å². The first-order valence-electron chi connectivity index (χ1n) is 12.6. The number of aryl methyl sites for hydroxylation is 1. The van der Waals surface area contributed by atoms with Gasteiger partial charge in [-0.05, 0) is 81.3 Å². The molecule has 10 heteroatoms. The molecular weight excluding hydrogens is 524 g/mol. The van der Waals surface area contributed by atoms with Gasteiger partial charge in [0.2, 0.25) is 11.8 Å². The Morgan fingerprint density at radius 2 is 1.41 bits per heavy atom. The number of rotatable bonds is 11. The van der Waals surface area contributed by atoms with E-state index in [1.807, 2.05) is 6.92 Å². The van der Waals surface area contributed by atoms with Crippen LogP contribution in [0.2, 0.25) is 0 Å². The van der Waals surface area contributed by atoms with Crippen molar-refractivity contribution in [3.05, 3.63) is 95.6 Å². The molecule has 0 aliphatic carbocycles. The third-order valence-corrected chi connectivity index (χ3v) is 7.87. The van der Waals surface area contributed by atoms with Crippen molar-refractivity contribution in [2.75, 3.05) is 10.8 Å². The second-order valence-electron chi connectivity index (χ2n) is 9.54. The third kappa shape index (κ3) is 7.63. The average Bonchev–Trinajstić information content (AvgIpc) is 2.88. The van der Waals surface area contributed by atoms with Crippen molar-refractivity contribution in [1.82, 2.24) is 10.2 Å². The van der Waals surface area contributed by atoms with E-state index in [-0.39, 0.29) is 29.6 Å². The molecule has 2 amide bonds. The van der Waals surface area contributed by atoms with E-state index in [4.69, 9.17) is 0 Å². The first-order chi connectivity index (χ1) is 18.4. The van der Waals surface area contributed by atoms with Crippen molar-refractivity contribution in [2.24, 2.45) is 0 Å².